The molecule has 3 nitrogen and oxygen atoms in total. The van der Waals surface area contributed by atoms with Crippen molar-refractivity contribution in [1.82, 2.24) is 5.32 Å². The molecule has 0 amide bonds. The fourth-order valence-corrected chi connectivity index (χ4v) is 2.63. The summed E-state index contributed by atoms with van der Waals surface area (Å²) in [6.45, 7) is 7.31. The molecule has 0 aliphatic heterocycles. The lowest BCUT2D eigenvalue weighted by atomic mass is 9.96. The molecule has 1 heterocycles. The van der Waals surface area contributed by atoms with Crippen molar-refractivity contribution in [3.8, 4) is 5.75 Å². The minimum Gasteiger partial charge on any atom is -0.496 e. The fraction of sp³-hybridized carbons (Fsp3) is 0.412. The molecular weight excluding hydrogens is 250 g/mol. The van der Waals surface area contributed by atoms with Crippen molar-refractivity contribution in [2.75, 3.05) is 13.7 Å². The third-order valence-corrected chi connectivity index (χ3v) is 3.50. The van der Waals surface area contributed by atoms with E-state index in [2.05, 4.69) is 38.2 Å². The van der Waals surface area contributed by atoms with Gasteiger partial charge < -0.3 is 14.5 Å². The molecule has 1 unspecified atom stereocenters. The molecular formula is C17H23NO2. The van der Waals surface area contributed by atoms with Crippen LogP contribution in [0.15, 0.2) is 35.1 Å². The number of benzene rings is 1. The van der Waals surface area contributed by atoms with E-state index in [0.29, 0.717) is 0 Å². The Balaban J connectivity index is 2.38. The predicted molar refractivity (Wildman–Crippen MR) is 81.3 cm³/mol. The van der Waals surface area contributed by atoms with Gasteiger partial charge in [-0.05, 0) is 49.6 Å². The maximum atomic E-state index is 5.44. The highest BCUT2D eigenvalue weighted by Gasteiger charge is 2.17. The lowest BCUT2D eigenvalue weighted by molar-refractivity contribution is 0.408. The molecule has 1 aromatic heterocycles. The number of rotatable bonds is 6. The van der Waals surface area contributed by atoms with Crippen LogP contribution < -0.4 is 10.1 Å². The average molecular weight is 273 g/mol. The quantitative estimate of drug-likeness (QED) is 0.864. The van der Waals surface area contributed by atoms with Gasteiger partial charge in [-0.15, -0.1) is 0 Å². The Kier molecular flexibility index (Phi) is 4.85. The second-order valence-corrected chi connectivity index (χ2v) is 5.13. The Hall–Kier alpha value is -1.74. The van der Waals surface area contributed by atoms with Crippen molar-refractivity contribution in [3.05, 3.63) is 53.0 Å². The Morgan fingerprint density at radius 3 is 2.40 bits per heavy atom. The predicted octanol–water partition coefficient (Wildman–Crippen LogP) is 3.99. The lowest BCUT2D eigenvalue weighted by Crippen LogP contribution is -2.23. The third kappa shape index (κ3) is 3.05. The highest BCUT2D eigenvalue weighted by atomic mass is 16.5. The highest BCUT2D eigenvalue weighted by Crippen LogP contribution is 2.30. The monoisotopic (exact) mass is 273 g/mol. The van der Waals surface area contributed by atoms with E-state index < -0.39 is 0 Å². The molecule has 3 heteroatoms. The molecule has 0 aliphatic carbocycles. The Morgan fingerprint density at radius 2 is 1.90 bits per heavy atom. The zero-order valence-electron chi connectivity index (χ0n) is 12.7. The van der Waals surface area contributed by atoms with Gasteiger partial charge in [0.1, 0.15) is 5.75 Å². The molecule has 0 spiro atoms. The molecule has 0 radical (unpaired) electrons. The van der Waals surface area contributed by atoms with E-state index in [1.54, 1.807) is 13.4 Å². The van der Waals surface area contributed by atoms with E-state index >= 15 is 0 Å². The highest BCUT2D eigenvalue weighted by molar-refractivity contribution is 5.46. The molecule has 1 aromatic carbocycles. The minimum atomic E-state index is 0.164. The number of furan rings is 1. The third-order valence-electron chi connectivity index (χ3n) is 3.50. The van der Waals surface area contributed by atoms with Crippen LogP contribution in [0.5, 0.6) is 5.75 Å². The van der Waals surface area contributed by atoms with Crippen LogP contribution >= 0.6 is 0 Å². The van der Waals surface area contributed by atoms with Gasteiger partial charge in [0.25, 0.3) is 0 Å². The zero-order valence-corrected chi connectivity index (χ0v) is 12.7. The summed E-state index contributed by atoms with van der Waals surface area (Å²) in [5.41, 5.74) is 4.72. The maximum absolute atomic E-state index is 5.44. The van der Waals surface area contributed by atoms with Gasteiger partial charge in [0.2, 0.25) is 0 Å². The summed E-state index contributed by atoms with van der Waals surface area (Å²) in [5, 5.41) is 3.58. The summed E-state index contributed by atoms with van der Waals surface area (Å²) in [6, 6.07) is 6.55. The molecule has 1 N–H and O–H groups in total. The maximum Gasteiger partial charge on any atom is 0.124 e. The molecule has 0 fully saturated rings. The van der Waals surface area contributed by atoms with Crippen LogP contribution in [0.1, 0.15) is 41.6 Å². The number of nitrogens with one attached hydrogen (secondary N) is 1. The first-order chi connectivity index (χ1) is 9.67. The first-order valence-electron chi connectivity index (χ1n) is 7.08. The fourth-order valence-electron chi connectivity index (χ4n) is 2.63. The molecule has 2 rings (SSSR count). The summed E-state index contributed by atoms with van der Waals surface area (Å²) < 4.78 is 10.7. The van der Waals surface area contributed by atoms with Crippen molar-refractivity contribution < 1.29 is 9.15 Å². The Labute approximate surface area is 121 Å². The lowest BCUT2D eigenvalue weighted by Gasteiger charge is -2.20. The van der Waals surface area contributed by atoms with Gasteiger partial charge in [-0.1, -0.05) is 19.1 Å². The van der Waals surface area contributed by atoms with Gasteiger partial charge in [-0.25, -0.2) is 0 Å². The van der Waals surface area contributed by atoms with Crippen LogP contribution in [0.3, 0.4) is 0 Å². The number of aryl methyl sites for hydroxylation is 2. The van der Waals surface area contributed by atoms with Gasteiger partial charge in [-0.3, -0.25) is 0 Å². The van der Waals surface area contributed by atoms with E-state index in [-0.39, 0.29) is 6.04 Å². The van der Waals surface area contributed by atoms with E-state index in [4.69, 9.17) is 9.15 Å². The number of ether oxygens (including phenoxy) is 1. The molecule has 20 heavy (non-hydrogen) atoms. The number of hydrogen-bond donors (Lipinski definition) is 1. The standard InChI is InChI=1S/C17H23NO2/c1-5-7-18-16(14-6-8-20-11-14)15-9-12(2)17(19-4)13(3)10-15/h6,8-11,16,18H,5,7H2,1-4H3. The van der Waals surface area contributed by atoms with Gasteiger partial charge in [-0.2, -0.15) is 0 Å². The second kappa shape index (κ2) is 6.62. The van der Waals surface area contributed by atoms with Crippen molar-refractivity contribution in [2.24, 2.45) is 0 Å². The molecule has 0 aliphatic rings. The topological polar surface area (TPSA) is 34.4 Å². The van der Waals surface area contributed by atoms with E-state index in [0.717, 1.165) is 35.4 Å². The van der Waals surface area contributed by atoms with Gasteiger partial charge in [0, 0.05) is 5.56 Å². The normalized spacial score (nSPS) is 12.4. The van der Waals surface area contributed by atoms with Crippen molar-refractivity contribution in [1.29, 1.82) is 0 Å². The van der Waals surface area contributed by atoms with Crippen molar-refractivity contribution in [3.63, 3.8) is 0 Å². The molecule has 0 saturated carbocycles. The summed E-state index contributed by atoms with van der Waals surface area (Å²) in [5.74, 6) is 0.968. The van der Waals surface area contributed by atoms with Crippen molar-refractivity contribution in [2.45, 2.75) is 33.2 Å². The van der Waals surface area contributed by atoms with Gasteiger partial charge in [0.05, 0.1) is 25.7 Å². The van der Waals surface area contributed by atoms with Crippen LogP contribution in [0.25, 0.3) is 0 Å². The molecule has 1 atom stereocenters. The second-order valence-electron chi connectivity index (χ2n) is 5.13. The SMILES string of the molecule is CCCNC(c1ccoc1)c1cc(C)c(OC)c(C)c1. The number of hydrogen-bond acceptors (Lipinski definition) is 3. The first kappa shape index (κ1) is 14.7. The van der Waals surface area contributed by atoms with Crippen molar-refractivity contribution >= 4 is 0 Å². The molecule has 0 saturated heterocycles. The zero-order chi connectivity index (χ0) is 14.5. The summed E-state index contributed by atoms with van der Waals surface area (Å²) in [7, 11) is 1.72. The number of methoxy groups -OCH3 is 1. The summed E-state index contributed by atoms with van der Waals surface area (Å²) in [4.78, 5) is 0. The van der Waals surface area contributed by atoms with Crippen LogP contribution in [0.2, 0.25) is 0 Å². The van der Waals surface area contributed by atoms with Gasteiger partial charge in [0.15, 0.2) is 0 Å². The summed E-state index contributed by atoms with van der Waals surface area (Å²) in [6.07, 6.45) is 4.63. The smallest absolute Gasteiger partial charge is 0.124 e. The average Bonchev–Trinajstić information content (AvgIpc) is 2.93. The van der Waals surface area contributed by atoms with E-state index in [9.17, 15) is 0 Å². The largest absolute Gasteiger partial charge is 0.496 e. The van der Waals surface area contributed by atoms with Crippen LogP contribution in [-0.2, 0) is 0 Å². The molecule has 2 aromatic rings. The van der Waals surface area contributed by atoms with Crippen LogP contribution in [0, 0.1) is 13.8 Å². The first-order valence-corrected chi connectivity index (χ1v) is 7.08. The minimum absolute atomic E-state index is 0.164. The van der Waals surface area contributed by atoms with E-state index in [1.807, 2.05) is 12.3 Å². The van der Waals surface area contributed by atoms with Gasteiger partial charge >= 0.3 is 0 Å². The Bertz CT molecular complexity index is 523. The summed E-state index contributed by atoms with van der Waals surface area (Å²) >= 11 is 0. The van der Waals surface area contributed by atoms with Crippen LogP contribution in [-0.4, -0.2) is 13.7 Å². The molecule has 0 bridgehead atoms. The van der Waals surface area contributed by atoms with Crippen LogP contribution in [0.4, 0.5) is 0 Å². The van der Waals surface area contributed by atoms with E-state index in [1.165, 1.54) is 5.56 Å². The Morgan fingerprint density at radius 1 is 1.20 bits per heavy atom. The molecule has 108 valence electrons.